The Morgan fingerprint density at radius 1 is 1.27 bits per heavy atom. The molecule has 3 heterocycles. The third-order valence-electron chi connectivity index (χ3n) is 4.05. The largest absolute Gasteiger partial charge is 0.329 e. The second kappa shape index (κ2) is 5.05. The van der Waals surface area contributed by atoms with Crippen LogP contribution >= 0.6 is 0 Å². The SMILES string of the molecule is C=C1CCC(N2C(=O)c3cnc(C(C)C)cc3C2=O)C(=O)N1. The van der Waals surface area contributed by atoms with Crippen LogP contribution < -0.4 is 5.32 Å². The van der Waals surface area contributed by atoms with Gasteiger partial charge in [-0.25, -0.2) is 0 Å². The zero-order valence-corrected chi connectivity index (χ0v) is 12.5. The van der Waals surface area contributed by atoms with Gasteiger partial charge in [-0.05, 0) is 24.8 Å². The Morgan fingerprint density at radius 3 is 2.59 bits per heavy atom. The Morgan fingerprint density at radius 2 is 1.95 bits per heavy atom. The number of amides is 3. The van der Waals surface area contributed by atoms with E-state index in [1.54, 1.807) is 6.07 Å². The van der Waals surface area contributed by atoms with Gasteiger partial charge in [0.1, 0.15) is 6.04 Å². The molecule has 0 radical (unpaired) electrons. The fraction of sp³-hybridized carbons (Fsp3) is 0.375. The molecule has 0 bridgehead atoms. The number of carbonyl (C=O) groups excluding carboxylic acids is 3. The minimum absolute atomic E-state index is 0.156. The lowest BCUT2D eigenvalue weighted by atomic mass is 10.0. The zero-order valence-electron chi connectivity index (χ0n) is 12.5. The van der Waals surface area contributed by atoms with Crippen LogP contribution in [-0.4, -0.2) is 33.6 Å². The molecule has 0 saturated carbocycles. The van der Waals surface area contributed by atoms with Gasteiger partial charge in [0.25, 0.3) is 11.8 Å². The van der Waals surface area contributed by atoms with E-state index >= 15 is 0 Å². The number of fused-ring (bicyclic) bond motifs is 1. The van der Waals surface area contributed by atoms with Crippen LogP contribution in [0.25, 0.3) is 0 Å². The quantitative estimate of drug-likeness (QED) is 0.841. The Kier molecular flexibility index (Phi) is 3.31. The van der Waals surface area contributed by atoms with E-state index in [4.69, 9.17) is 0 Å². The van der Waals surface area contributed by atoms with E-state index in [0.29, 0.717) is 24.1 Å². The highest BCUT2D eigenvalue weighted by Gasteiger charge is 2.44. The molecule has 6 nitrogen and oxygen atoms in total. The van der Waals surface area contributed by atoms with Crippen molar-refractivity contribution in [1.29, 1.82) is 0 Å². The standard InChI is InChI=1S/C16H17N3O3/c1-8(2)12-6-10-11(7-17-12)16(22)19(15(10)21)13-5-4-9(3)18-14(13)20/h6-8,13H,3-5H2,1-2H3,(H,18,20). The van der Waals surface area contributed by atoms with Crippen molar-refractivity contribution >= 4 is 17.7 Å². The van der Waals surface area contributed by atoms with Gasteiger partial charge in [-0.15, -0.1) is 0 Å². The molecule has 1 saturated heterocycles. The molecule has 1 fully saturated rings. The highest BCUT2D eigenvalue weighted by Crippen LogP contribution is 2.29. The summed E-state index contributed by atoms with van der Waals surface area (Å²) in [7, 11) is 0. The highest BCUT2D eigenvalue weighted by molar-refractivity contribution is 6.22. The average Bonchev–Trinajstić information content (AvgIpc) is 2.71. The molecule has 0 aromatic carbocycles. The second-order valence-electron chi connectivity index (χ2n) is 5.94. The zero-order chi connectivity index (χ0) is 16.0. The first-order valence-electron chi connectivity index (χ1n) is 7.26. The number of hydrogen-bond acceptors (Lipinski definition) is 4. The van der Waals surface area contributed by atoms with Crippen molar-refractivity contribution in [3.05, 3.63) is 41.4 Å². The predicted octanol–water partition coefficient (Wildman–Crippen LogP) is 1.59. The van der Waals surface area contributed by atoms with Crippen molar-refractivity contribution in [2.45, 2.75) is 38.6 Å². The maximum Gasteiger partial charge on any atom is 0.263 e. The Bertz CT molecular complexity index is 709. The Labute approximate surface area is 128 Å². The van der Waals surface area contributed by atoms with Crippen LogP contribution in [0.3, 0.4) is 0 Å². The Hall–Kier alpha value is -2.50. The van der Waals surface area contributed by atoms with E-state index in [1.165, 1.54) is 6.20 Å². The number of carbonyl (C=O) groups is 3. The third kappa shape index (κ3) is 2.11. The van der Waals surface area contributed by atoms with Crippen LogP contribution in [-0.2, 0) is 4.79 Å². The molecule has 1 unspecified atom stereocenters. The third-order valence-corrected chi connectivity index (χ3v) is 4.05. The molecule has 1 N–H and O–H groups in total. The first-order chi connectivity index (χ1) is 10.4. The van der Waals surface area contributed by atoms with Gasteiger partial charge in [0.2, 0.25) is 5.91 Å². The monoisotopic (exact) mass is 299 g/mol. The maximum atomic E-state index is 12.6. The molecule has 6 heteroatoms. The van der Waals surface area contributed by atoms with Crippen LogP contribution in [0.5, 0.6) is 0 Å². The summed E-state index contributed by atoms with van der Waals surface area (Å²) in [6.07, 6.45) is 2.39. The van der Waals surface area contributed by atoms with Gasteiger partial charge in [-0.1, -0.05) is 20.4 Å². The summed E-state index contributed by atoms with van der Waals surface area (Å²) in [6, 6.07) is 0.875. The number of nitrogens with zero attached hydrogens (tertiary/aromatic N) is 2. The number of hydrogen-bond donors (Lipinski definition) is 1. The number of rotatable bonds is 2. The molecule has 1 aromatic heterocycles. The van der Waals surface area contributed by atoms with Gasteiger partial charge in [0.15, 0.2) is 0 Å². The van der Waals surface area contributed by atoms with Crippen LogP contribution in [0.2, 0.25) is 0 Å². The van der Waals surface area contributed by atoms with Crippen LogP contribution in [0.4, 0.5) is 0 Å². The van der Waals surface area contributed by atoms with Gasteiger partial charge in [0.05, 0.1) is 11.1 Å². The fourth-order valence-electron chi connectivity index (χ4n) is 2.78. The van der Waals surface area contributed by atoms with Crippen LogP contribution in [0.1, 0.15) is 59.0 Å². The summed E-state index contributed by atoms with van der Waals surface area (Å²) < 4.78 is 0. The molecule has 3 rings (SSSR count). The van der Waals surface area contributed by atoms with Crippen molar-refractivity contribution < 1.29 is 14.4 Å². The molecule has 2 aliphatic heterocycles. The minimum atomic E-state index is -0.777. The summed E-state index contributed by atoms with van der Waals surface area (Å²) >= 11 is 0. The Balaban J connectivity index is 1.96. The van der Waals surface area contributed by atoms with Gasteiger partial charge in [0, 0.05) is 17.6 Å². The lowest BCUT2D eigenvalue weighted by Crippen LogP contribution is -2.51. The molecule has 3 amide bonds. The molecule has 114 valence electrons. The normalized spacial score (nSPS) is 21.4. The van der Waals surface area contributed by atoms with E-state index in [9.17, 15) is 14.4 Å². The van der Waals surface area contributed by atoms with E-state index in [0.717, 1.165) is 10.6 Å². The van der Waals surface area contributed by atoms with E-state index in [-0.39, 0.29) is 17.4 Å². The summed E-state index contributed by atoms with van der Waals surface area (Å²) in [5.41, 5.74) is 1.97. The van der Waals surface area contributed by atoms with E-state index in [2.05, 4.69) is 16.9 Å². The fourth-order valence-corrected chi connectivity index (χ4v) is 2.78. The van der Waals surface area contributed by atoms with Gasteiger partial charge in [-0.2, -0.15) is 0 Å². The highest BCUT2D eigenvalue weighted by atomic mass is 16.2. The second-order valence-corrected chi connectivity index (χ2v) is 5.94. The number of pyridine rings is 1. The van der Waals surface area contributed by atoms with Crippen molar-refractivity contribution in [2.24, 2.45) is 0 Å². The van der Waals surface area contributed by atoms with Crippen molar-refractivity contribution in [1.82, 2.24) is 15.2 Å². The first kappa shape index (κ1) is 14.4. The van der Waals surface area contributed by atoms with Crippen molar-refractivity contribution in [3.8, 4) is 0 Å². The summed E-state index contributed by atoms with van der Waals surface area (Å²) in [5.74, 6) is -1.07. The van der Waals surface area contributed by atoms with Gasteiger partial charge >= 0.3 is 0 Å². The number of nitrogens with one attached hydrogen (secondary N) is 1. The molecule has 1 aromatic rings. The molecular formula is C16H17N3O3. The van der Waals surface area contributed by atoms with Gasteiger partial charge in [-0.3, -0.25) is 24.3 Å². The van der Waals surface area contributed by atoms with Crippen LogP contribution in [0.15, 0.2) is 24.5 Å². The van der Waals surface area contributed by atoms with E-state index < -0.39 is 17.9 Å². The molecule has 0 spiro atoms. The topological polar surface area (TPSA) is 79.4 Å². The molecular weight excluding hydrogens is 282 g/mol. The molecule has 2 aliphatic rings. The molecule has 1 atom stereocenters. The van der Waals surface area contributed by atoms with E-state index in [1.807, 2.05) is 13.8 Å². The number of imide groups is 1. The number of allylic oxidation sites excluding steroid dienone is 1. The smallest absolute Gasteiger partial charge is 0.263 e. The number of piperidine rings is 1. The summed E-state index contributed by atoms with van der Waals surface area (Å²) in [6.45, 7) is 7.64. The maximum absolute atomic E-state index is 12.6. The van der Waals surface area contributed by atoms with Crippen LogP contribution in [0, 0.1) is 0 Å². The minimum Gasteiger partial charge on any atom is -0.329 e. The predicted molar refractivity (Wildman–Crippen MR) is 79.1 cm³/mol. The van der Waals surface area contributed by atoms with Crippen molar-refractivity contribution in [3.63, 3.8) is 0 Å². The molecule has 22 heavy (non-hydrogen) atoms. The summed E-state index contributed by atoms with van der Waals surface area (Å²) in [4.78, 5) is 42.4. The molecule has 0 aliphatic carbocycles. The lowest BCUT2D eigenvalue weighted by Gasteiger charge is -2.29. The lowest BCUT2D eigenvalue weighted by molar-refractivity contribution is -0.125. The average molecular weight is 299 g/mol. The van der Waals surface area contributed by atoms with Gasteiger partial charge < -0.3 is 5.32 Å². The number of aromatic nitrogens is 1. The summed E-state index contributed by atoms with van der Waals surface area (Å²) in [5, 5.41) is 2.61. The first-order valence-corrected chi connectivity index (χ1v) is 7.26. The van der Waals surface area contributed by atoms with Crippen molar-refractivity contribution in [2.75, 3.05) is 0 Å².